The smallest absolute Gasteiger partial charge is 0.0992 e. The summed E-state index contributed by atoms with van der Waals surface area (Å²) >= 11 is 3.53. The molecule has 0 aromatic heterocycles. The van der Waals surface area contributed by atoms with Gasteiger partial charge in [-0.2, -0.15) is 5.26 Å². The maximum Gasteiger partial charge on any atom is 0.0992 e. The van der Waals surface area contributed by atoms with Crippen molar-refractivity contribution in [3.63, 3.8) is 0 Å². The topological polar surface area (TPSA) is 53.0 Å². The van der Waals surface area contributed by atoms with Gasteiger partial charge in [0, 0.05) is 17.2 Å². The largest absolute Gasteiger partial charge is 0.399 e. The molecule has 0 fully saturated rings. The van der Waals surface area contributed by atoms with E-state index in [9.17, 15) is 0 Å². The summed E-state index contributed by atoms with van der Waals surface area (Å²) in [7, 11) is 2.03. The molecule has 102 valence electrons. The van der Waals surface area contributed by atoms with Crippen molar-refractivity contribution in [1.29, 1.82) is 5.26 Å². The number of hydrogen-bond donors (Lipinski definition) is 1. The summed E-state index contributed by atoms with van der Waals surface area (Å²) in [4.78, 5) is 2.15. The van der Waals surface area contributed by atoms with Crippen LogP contribution in [0.5, 0.6) is 0 Å². The van der Waals surface area contributed by atoms with Gasteiger partial charge in [-0.05, 0) is 58.7 Å². The highest BCUT2D eigenvalue weighted by Gasteiger charge is 2.15. The Hall–Kier alpha value is -1.99. The van der Waals surface area contributed by atoms with Crippen molar-refractivity contribution in [2.75, 3.05) is 17.7 Å². The molecular formula is C16H16BrN3. The molecule has 0 bridgehead atoms. The SMILES string of the molecule is CC(c1cccc(N)c1)N(C)c1ccc(C#N)cc1Br. The van der Waals surface area contributed by atoms with Gasteiger partial charge in [0.05, 0.1) is 23.4 Å². The summed E-state index contributed by atoms with van der Waals surface area (Å²) in [6.45, 7) is 2.12. The number of nitrogen functional groups attached to an aromatic ring is 1. The van der Waals surface area contributed by atoms with Crippen LogP contribution in [0.25, 0.3) is 0 Å². The first-order valence-corrected chi connectivity index (χ1v) is 7.10. The number of nitrogens with two attached hydrogens (primary N) is 1. The molecule has 2 rings (SSSR count). The fraction of sp³-hybridized carbons (Fsp3) is 0.188. The van der Waals surface area contributed by atoms with Crippen LogP contribution in [0.3, 0.4) is 0 Å². The van der Waals surface area contributed by atoms with Gasteiger partial charge in [-0.15, -0.1) is 0 Å². The van der Waals surface area contributed by atoms with Gasteiger partial charge in [0.2, 0.25) is 0 Å². The average Bonchev–Trinajstić information content (AvgIpc) is 2.45. The van der Waals surface area contributed by atoms with E-state index >= 15 is 0 Å². The lowest BCUT2D eigenvalue weighted by molar-refractivity contribution is 0.739. The number of nitriles is 1. The molecule has 0 aliphatic heterocycles. The Morgan fingerprint density at radius 1 is 1.25 bits per heavy atom. The number of benzene rings is 2. The van der Waals surface area contributed by atoms with Crippen LogP contribution in [0.1, 0.15) is 24.1 Å². The standard InChI is InChI=1S/C16H16BrN3/c1-11(13-4-3-5-14(19)9-13)20(2)16-7-6-12(10-18)8-15(16)17/h3-9,11H,19H2,1-2H3. The van der Waals surface area contributed by atoms with Crippen LogP contribution in [0, 0.1) is 11.3 Å². The van der Waals surface area contributed by atoms with E-state index in [1.165, 1.54) is 0 Å². The second kappa shape index (κ2) is 5.98. The quantitative estimate of drug-likeness (QED) is 0.862. The fourth-order valence-corrected chi connectivity index (χ4v) is 2.77. The molecular weight excluding hydrogens is 314 g/mol. The molecule has 4 heteroatoms. The van der Waals surface area contributed by atoms with Gasteiger partial charge in [0.25, 0.3) is 0 Å². The van der Waals surface area contributed by atoms with Crippen molar-refractivity contribution >= 4 is 27.3 Å². The molecule has 2 N–H and O–H groups in total. The molecule has 1 atom stereocenters. The van der Waals surface area contributed by atoms with Crippen LogP contribution in [-0.2, 0) is 0 Å². The van der Waals surface area contributed by atoms with Crippen molar-refractivity contribution in [1.82, 2.24) is 0 Å². The monoisotopic (exact) mass is 329 g/mol. The fourth-order valence-electron chi connectivity index (χ4n) is 2.11. The number of halogens is 1. The predicted octanol–water partition coefficient (Wildman–Crippen LogP) is 4.10. The Labute approximate surface area is 127 Å². The number of hydrogen-bond acceptors (Lipinski definition) is 3. The van der Waals surface area contributed by atoms with Gasteiger partial charge in [0.15, 0.2) is 0 Å². The van der Waals surface area contributed by atoms with Crippen molar-refractivity contribution in [3.05, 3.63) is 58.1 Å². The number of rotatable bonds is 3. The van der Waals surface area contributed by atoms with Crippen molar-refractivity contribution in [2.24, 2.45) is 0 Å². The van der Waals surface area contributed by atoms with Gasteiger partial charge < -0.3 is 10.6 Å². The molecule has 0 radical (unpaired) electrons. The van der Waals surface area contributed by atoms with Gasteiger partial charge in [0.1, 0.15) is 0 Å². The van der Waals surface area contributed by atoms with Crippen LogP contribution >= 0.6 is 15.9 Å². The number of anilines is 2. The van der Waals surface area contributed by atoms with Crippen LogP contribution in [0.15, 0.2) is 46.9 Å². The van der Waals surface area contributed by atoms with Crippen LogP contribution in [0.2, 0.25) is 0 Å². The zero-order chi connectivity index (χ0) is 14.7. The first-order chi connectivity index (χ1) is 9.52. The molecule has 20 heavy (non-hydrogen) atoms. The van der Waals surface area contributed by atoms with E-state index in [4.69, 9.17) is 11.0 Å². The zero-order valence-corrected chi connectivity index (χ0v) is 13.1. The summed E-state index contributed by atoms with van der Waals surface area (Å²) in [6.07, 6.45) is 0. The lowest BCUT2D eigenvalue weighted by Crippen LogP contribution is -2.22. The Bertz CT molecular complexity index is 661. The Morgan fingerprint density at radius 2 is 2.00 bits per heavy atom. The lowest BCUT2D eigenvalue weighted by atomic mass is 10.1. The highest BCUT2D eigenvalue weighted by atomic mass is 79.9. The minimum Gasteiger partial charge on any atom is -0.399 e. The first-order valence-electron chi connectivity index (χ1n) is 6.31. The highest BCUT2D eigenvalue weighted by molar-refractivity contribution is 9.10. The summed E-state index contributed by atoms with van der Waals surface area (Å²) in [5, 5.41) is 8.91. The zero-order valence-electron chi connectivity index (χ0n) is 11.5. The van der Waals surface area contributed by atoms with Crippen molar-refractivity contribution < 1.29 is 0 Å². The summed E-state index contributed by atoms with van der Waals surface area (Å²) in [5.74, 6) is 0. The molecule has 1 unspecified atom stereocenters. The highest BCUT2D eigenvalue weighted by Crippen LogP contribution is 2.32. The van der Waals surface area contributed by atoms with E-state index in [1.54, 1.807) is 0 Å². The van der Waals surface area contributed by atoms with E-state index in [0.29, 0.717) is 5.56 Å². The third kappa shape index (κ3) is 2.94. The Kier molecular flexibility index (Phi) is 4.31. The van der Waals surface area contributed by atoms with E-state index in [-0.39, 0.29) is 6.04 Å². The van der Waals surface area contributed by atoms with Crippen molar-refractivity contribution in [2.45, 2.75) is 13.0 Å². The normalized spacial score (nSPS) is 11.7. The maximum atomic E-state index is 8.91. The van der Waals surface area contributed by atoms with E-state index in [0.717, 1.165) is 21.4 Å². The summed E-state index contributed by atoms with van der Waals surface area (Å²) < 4.78 is 0.912. The molecule has 0 spiro atoms. The van der Waals surface area contributed by atoms with E-state index in [1.807, 2.05) is 43.4 Å². The summed E-state index contributed by atoms with van der Waals surface area (Å²) in [6, 6.07) is 15.8. The minimum atomic E-state index is 0.183. The van der Waals surface area contributed by atoms with Gasteiger partial charge in [-0.25, -0.2) is 0 Å². The number of nitrogens with zero attached hydrogens (tertiary/aromatic N) is 2. The van der Waals surface area contributed by atoms with E-state index in [2.05, 4.69) is 39.9 Å². The van der Waals surface area contributed by atoms with Gasteiger partial charge in [-0.3, -0.25) is 0 Å². The predicted molar refractivity (Wildman–Crippen MR) is 86.5 cm³/mol. The van der Waals surface area contributed by atoms with Gasteiger partial charge >= 0.3 is 0 Å². The molecule has 3 nitrogen and oxygen atoms in total. The average molecular weight is 330 g/mol. The molecule has 2 aromatic rings. The third-order valence-electron chi connectivity index (χ3n) is 3.43. The minimum absolute atomic E-state index is 0.183. The molecule has 0 aliphatic carbocycles. The van der Waals surface area contributed by atoms with Crippen LogP contribution in [-0.4, -0.2) is 7.05 Å². The lowest BCUT2D eigenvalue weighted by Gasteiger charge is -2.28. The maximum absolute atomic E-state index is 8.91. The second-order valence-corrected chi connectivity index (χ2v) is 5.59. The first kappa shape index (κ1) is 14.4. The molecule has 0 aliphatic rings. The van der Waals surface area contributed by atoms with E-state index < -0.39 is 0 Å². The third-order valence-corrected chi connectivity index (χ3v) is 4.07. The Balaban J connectivity index is 2.31. The second-order valence-electron chi connectivity index (χ2n) is 4.73. The molecule has 0 saturated heterocycles. The Morgan fingerprint density at radius 3 is 2.60 bits per heavy atom. The molecule has 2 aromatic carbocycles. The van der Waals surface area contributed by atoms with Crippen LogP contribution in [0.4, 0.5) is 11.4 Å². The molecule has 0 amide bonds. The molecule has 0 saturated carbocycles. The summed E-state index contributed by atoms with van der Waals surface area (Å²) in [5.41, 5.74) is 9.45. The van der Waals surface area contributed by atoms with Crippen LogP contribution < -0.4 is 10.6 Å². The van der Waals surface area contributed by atoms with Crippen molar-refractivity contribution in [3.8, 4) is 6.07 Å². The molecule has 0 heterocycles. The van der Waals surface area contributed by atoms with Gasteiger partial charge in [-0.1, -0.05) is 12.1 Å².